The van der Waals surface area contributed by atoms with Gasteiger partial charge in [0.2, 0.25) is 0 Å². The first-order chi connectivity index (χ1) is 10.7. The molecule has 1 heterocycles. The van der Waals surface area contributed by atoms with Gasteiger partial charge in [-0.2, -0.15) is 0 Å². The van der Waals surface area contributed by atoms with E-state index in [1.54, 1.807) is 23.9 Å². The van der Waals surface area contributed by atoms with Crippen molar-refractivity contribution in [2.24, 2.45) is 0 Å². The Bertz CT molecular complexity index is 755. The molecule has 0 bridgehead atoms. The van der Waals surface area contributed by atoms with Crippen LogP contribution in [0.15, 0.2) is 65.7 Å². The highest BCUT2D eigenvalue weighted by Gasteiger charge is 2.03. The van der Waals surface area contributed by atoms with Crippen LogP contribution in [0.4, 0.5) is 4.39 Å². The summed E-state index contributed by atoms with van der Waals surface area (Å²) < 4.78 is 13.1. The zero-order valence-corrected chi connectivity index (χ0v) is 13.0. The molecular formula is C18H15FN2S. The molecule has 0 spiro atoms. The third-order valence-corrected chi connectivity index (χ3v) is 4.25. The fourth-order valence-electron chi connectivity index (χ4n) is 2.06. The maximum absolute atomic E-state index is 13.1. The average molecular weight is 310 g/mol. The van der Waals surface area contributed by atoms with E-state index in [0.29, 0.717) is 5.75 Å². The molecule has 22 heavy (non-hydrogen) atoms. The van der Waals surface area contributed by atoms with Crippen LogP contribution < -0.4 is 0 Å². The first-order valence-electron chi connectivity index (χ1n) is 6.99. The molecule has 0 atom stereocenters. The Balaban J connectivity index is 1.68. The van der Waals surface area contributed by atoms with Crippen LogP contribution in [0.3, 0.4) is 0 Å². The third-order valence-electron chi connectivity index (χ3n) is 3.26. The molecule has 0 saturated heterocycles. The summed E-state index contributed by atoms with van der Waals surface area (Å²) in [4.78, 5) is 0. The second kappa shape index (κ2) is 6.71. The molecule has 0 fully saturated rings. The van der Waals surface area contributed by atoms with Crippen molar-refractivity contribution < 1.29 is 4.39 Å². The first kappa shape index (κ1) is 14.7. The van der Waals surface area contributed by atoms with Gasteiger partial charge in [0.25, 0.3) is 0 Å². The van der Waals surface area contributed by atoms with Gasteiger partial charge in [-0.05, 0) is 36.8 Å². The van der Waals surface area contributed by atoms with Crippen LogP contribution in [-0.2, 0) is 5.75 Å². The molecule has 1 aromatic heterocycles. The lowest BCUT2D eigenvalue weighted by molar-refractivity contribution is 0.626. The van der Waals surface area contributed by atoms with Gasteiger partial charge in [-0.15, -0.1) is 10.2 Å². The van der Waals surface area contributed by atoms with Gasteiger partial charge < -0.3 is 0 Å². The molecule has 3 rings (SSSR count). The predicted molar refractivity (Wildman–Crippen MR) is 88.2 cm³/mol. The number of rotatable bonds is 4. The topological polar surface area (TPSA) is 25.8 Å². The van der Waals surface area contributed by atoms with Crippen LogP contribution in [0.1, 0.15) is 11.1 Å². The molecule has 0 amide bonds. The molecule has 0 saturated carbocycles. The van der Waals surface area contributed by atoms with E-state index in [-0.39, 0.29) is 5.82 Å². The maximum Gasteiger partial charge on any atom is 0.123 e. The van der Waals surface area contributed by atoms with Gasteiger partial charge in [-0.1, -0.05) is 53.7 Å². The summed E-state index contributed by atoms with van der Waals surface area (Å²) in [6, 6.07) is 18.7. The zero-order valence-electron chi connectivity index (χ0n) is 12.2. The maximum atomic E-state index is 13.1. The number of aromatic nitrogens is 2. The van der Waals surface area contributed by atoms with Crippen molar-refractivity contribution in [2.45, 2.75) is 17.7 Å². The van der Waals surface area contributed by atoms with Crippen molar-refractivity contribution in [3.63, 3.8) is 0 Å². The highest BCUT2D eigenvalue weighted by Crippen LogP contribution is 2.23. The minimum absolute atomic E-state index is 0.209. The molecular weight excluding hydrogens is 295 g/mol. The summed E-state index contributed by atoms with van der Waals surface area (Å²) in [6.07, 6.45) is 0. The molecule has 0 unspecified atom stereocenters. The van der Waals surface area contributed by atoms with Crippen molar-refractivity contribution in [3.8, 4) is 11.3 Å². The second-order valence-electron chi connectivity index (χ2n) is 5.04. The normalized spacial score (nSPS) is 10.6. The standard InChI is InChI=1S/C18H15FN2S/c1-13-5-7-15(8-6-13)17-9-10-18(21-20-17)22-12-14-3-2-4-16(19)11-14/h2-11H,12H2,1H3. The monoisotopic (exact) mass is 310 g/mol. The summed E-state index contributed by atoms with van der Waals surface area (Å²) in [5.74, 6) is 0.468. The fourth-order valence-corrected chi connectivity index (χ4v) is 2.82. The van der Waals surface area contributed by atoms with Gasteiger partial charge in [0.15, 0.2) is 0 Å². The van der Waals surface area contributed by atoms with E-state index in [0.717, 1.165) is 21.8 Å². The van der Waals surface area contributed by atoms with Crippen LogP contribution >= 0.6 is 11.8 Å². The molecule has 0 aliphatic rings. The fraction of sp³-hybridized carbons (Fsp3) is 0.111. The van der Waals surface area contributed by atoms with Crippen molar-refractivity contribution >= 4 is 11.8 Å². The largest absolute Gasteiger partial charge is 0.207 e. The first-order valence-corrected chi connectivity index (χ1v) is 7.97. The van der Waals surface area contributed by atoms with Gasteiger partial charge in [-0.3, -0.25) is 0 Å². The molecule has 2 aromatic carbocycles. The molecule has 0 N–H and O–H groups in total. The van der Waals surface area contributed by atoms with E-state index in [4.69, 9.17) is 0 Å². The van der Waals surface area contributed by atoms with E-state index in [1.807, 2.05) is 30.3 Å². The van der Waals surface area contributed by atoms with E-state index in [1.165, 1.54) is 11.6 Å². The number of aryl methyl sites for hydroxylation is 1. The minimum Gasteiger partial charge on any atom is -0.207 e. The van der Waals surface area contributed by atoms with Crippen molar-refractivity contribution in [2.75, 3.05) is 0 Å². The lowest BCUT2D eigenvalue weighted by Gasteiger charge is -2.03. The van der Waals surface area contributed by atoms with Crippen LogP contribution in [-0.4, -0.2) is 10.2 Å². The summed E-state index contributed by atoms with van der Waals surface area (Å²) in [5, 5.41) is 9.33. The number of halogens is 1. The van der Waals surface area contributed by atoms with Crippen molar-refractivity contribution in [1.29, 1.82) is 0 Å². The Morgan fingerprint density at radius 1 is 0.955 bits per heavy atom. The zero-order chi connectivity index (χ0) is 15.4. The quantitative estimate of drug-likeness (QED) is 0.642. The Labute approximate surface area is 133 Å². The lowest BCUT2D eigenvalue weighted by Crippen LogP contribution is -1.90. The summed E-state index contributed by atoms with van der Waals surface area (Å²) in [7, 11) is 0. The van der Waals surface area contributed by atoms with Gasteiger partial charge in [0, 0.05) is 11.3 Å². The van der Waals surface area contributed by atoms with Gasteiger partial charge in [0.05, 0.1) is 5.69 Å². The number of hydrogen-bond donors (Lipinski definition) is 0. The minimum atomic E-state index is -0.209. The van der Waals surface area contributed by atoms with Crippen LogP contribution in [0, 0.1) is 12.7 Å². The van der Waals surface area contributed by atoms with Gasteiger partial charge >= 0.3 is 0 Å². The second-order valence-corrected chi connectivity index (χ2v) is 6.04. The smallest absolute Gasteiger partial charge is 0.123 e. The van der Waals surface area contributed by atoms with Gasteiger partial charge in [-0.25, -0.2) is 4.39 Å². The number of hydrogen-bond acceptors (Lipinski definition) is 3. The Hall–Kier alpha value is -2.20. The SMILES string of the molecule is Cc1ccc(-c2ccc(SCc3cccc(F)c3)nn2)cc1. The molecule has 0 radical (unpaired) electrons. The highest BCUT2D eigenvalue weighted by molar-refractivity contribution is 7.98. The lowest BCUT2D eigenvalue weighted by atomic mass is 10.1. The average Bonchev–Trinajstić information content (AvgIpc) is 2.54. The molecule has 2 nitrogen and oxygen atoms in total. The van der Waals surface area contributed by atoms with E-state index >= 15 is 0 Å². The van der Waals surface area contributed by atoms with E-state index in [2.05, 4.69) is 29.3 Å². The Morgan fingerprint density at radius 2 is 1.77 bits per heavy atom. The molecule has 110 valence electrons. The van der Waals surface area contributed by atoms with Crippen LogP contribution in [0.2, 0.25) is 0 Å². The third kappa shape index (κ3) is 3.71. The van der Waals surface area contributed by atoms with Gasteiger partial charge in [0.1, 0.15) is 10.8 Å². The molecule has 4 heteroatoms. The molecule has 0 aliphatic carbocycles. The van der Waals surface area contributed by atoms with Crippen molar-refractivity contribution in [1.82, 2.24) is 10.2 Å². The number of benzene rings is 2. The predicted octanol–water partition coefficient (Wildman–Crippen LogP) is 4.88. The summed E-state index contributed by atoms with van der Waals surface area (Å²) in [6.45, 7) is 2.06. The van der Waals surface area contributed by atoms with Crippen molar-refractivity contribution in [3.05, 3.63) is 77.6 Å². The molecule has 3 aromatic rings. The summed E-state index contributed by atoms with van der Waals surface area (Å²) in [5.41, 5.74) is 4.07. The van der Waals surface area contributed by atoms with E-state index < -0.39 is 0 Å². The number of thioether (sulfide) groups is 1. The Morgan fingerprint density at radius 3 is 2.45 bits per heavy atom. The highest BCUT2D eigenvalue weighted by atomic mass is 32.2. The molecule has 0 aliphatic heterocycles. The van der Waals surface area contributed by atoms with Crippen LogP contribution in [0.25, 0.3) is 11.3 Å². The number of nitrogens with zero attached hydrogens (tertiary/aromatic N) is 2. The van der Waals surface area contributed by atoms with Crippen LogP contribution in [0.5, 0.6) is 0 Å². The summed E-state index contributed by atoms with van der Waals surface area (Å²) >= 11 is 1.55. The van der Waals surface area contributed by atoms with E-state index in [9.17, 15) is 4.39 Å². The Kier molecular flexibility index (Phi) is 4.49.